The highest BCUT2D eigenvalue weighted by atomic mass is 16.5. The molecule has 2 aromatic heterocycles. The van der Waals surface area contributed by atoms with Gasteiger partial charge in [-0.3, -0.25) is 0 Å². The molecule has 1 aliphatic carbocycles. The van der Waals surface area contributed by atoms with E-state index < -0.39 is 0 Å². The molecule has 0 aliphatic heterocycles. The molecule has 1 saturated carbocycles. The van der Waals surface area contributed by atoms with Crippen molar-refractivity contribution in [3.8, 4) is 0 Å². The van der Waals surface area contributed by atoms with Crippen molar-refractivity contribution in [1.82, 2.24) is 19.9 Å². The molecule has 1 aliphatic rings. The predicted octanol–water partition coefficient (Wildman–Crippen LogP) is 3.87. The Hall–Kier alpha value is -2.53. The average Bonchev–Trinajstić information content (AvgIpc) is 3.33. The van der Waals surface area contributed by atoms with Crippen molar-refractivity contribution in [1.29, 1.82) is 0 Å². The molecule has 3 aromatic rings. The number of H-pyrrole nitrogens is 1. The lowest BCUT2D eigenvalue weighted by atomic mass is 9.87. The second kappa shape index (κ2) is 7.38. The minimum Gasteiger partial charge on any atom is -0.370 e. The van der Waals surface area contributed by atoms with Crippen LogP contribution in [0.3, 0.4) is 0 Å². The maximum absolute atomic E-state index is 5.75. The van der Waals surface area contributed by atoms with Crippen molar-refractivity contribution in [2.45, 2.75) is 51.7 Å². The second-order valence-electron chi connectivity index (χ2n) is 7.03. The van der Waals surface area contributed by atoms with E-state index in [1.807, 2.05) is 18.5 Å². The van der Waals surface area contributed by atoms with Gasteiger partial charge < -0.3 is 9.72 Å². The van der Waals surface area contributed by atoms with Gasteiger partial charge in [0.2, 0.25) is 0 Å². The molecule has 4 rings (SSSR count). The Morgan fingerprint density at radius 1 is 1.23 bits per heavy atom. The summed E-state index contributed by atoms with van der Waals surface area (Å²) in [7, 11) is 0. The van der Waals surface area contributed by atoms with Gasteiger partial charge in [0.05, 0.1) is 12.4 Å². The quantitative estimate of drug-likeness (QED) is 0.704. The van der Waals surface area contributed by atoms with Gasteiger partial charge in [0, 0.05) is 36.1 Å². The number of hydrogen-bond donors (Lipinski definition) is 1. The maximum atomic E-state index is 5.75. The van der Waals surface area contributed by atoms with Crippen LogP contribution < -0.4 is 0 Å². The van der Waals surface area contributed by atoms with Crippen LogP contribution in [0, 0.1) is 13.8 Å². The molecule has 5 heteroatoms. The van der Waals surface area contributed by atoms with Crippen LogP contribution in [-0.4, -0.2) is 26.0 Å². The Morgan fingerprint density at radius 3 is 2.88 bits per heavy atom. The summed E-state index contributed by atoms with van der Waals surface area (Å²) in [4.78, 5) is 16.6. The molecule has 1 aromatic carbocycles. The fraction of sp³-hybridized carbons (Fsp3) is 0.381. The van der Waals surface area contributed by atoms with Crippen molar-refractivity contribution in [3.63, 3.8) is 0 Å². The fourth-order valence-electron chi connectivity index (χ4n) is 3.26. The predicted molar refractivity (Wildman–Crippen MR) is 99.9 cm³/mol. The van der Waals surface area contributed by atoms with Gasteiger partial charge in [0.25, 0.3) is 0 Å². The fourth-order valence-corrected chi connectivity index (χ4v) is 3.26. The average molecular weight is 348 g/mol. The lowest BCUT2D eigenvalue weighted by molar-refractivity contribution is 0.100. The number of aryl methyl sites for hydroxylation is 1. The third-order valence-corrected chi connectivity index (χ3v) is 5.07. The largest absolute Gasteiger partial charge is 0.370 e. The molecule has 1 fully saturated rings. The van der Waals surface area contributed by atoms with Gasteiger partial charge in [-0.15, -0.1) is 0 Å². The Morgan fingerprint density at radius 2 is 2.12 bits per heavy atom. The summed E-state index contributed by atoms with van der Waals surface area (Å²) in [6.45, 7) is 4.83. The van der Waals surface area contributed by atoms with E-state index in [0.717, 1.165) is 36.5 Å². The van der Waals surface area contributed by atoms with Crippen molar-refractivity contribution in [3.05, 3.63) is 76.9 Å². The van der Waals surface area contributed by atoms with Gasteiger partial charge in [-0.25, -0.2) is 15.0 Å². The number of imidazole rings is 1. The van der Waals surface area contributed by atoms with E-state index >= 15 is 0 Å². The Kier molecular flexibility index (Phi) is 4.80. The van der Waals surface area contributed by atoms with Gasteiger partial charge in [-0.1, -0.05) is 18.2 Å². The zero-order chi connectivity index (χ0) is 17.9. The molecule has 2 heterocycles. The number of nitrogens with zero attached hydrogens (tertiary/aromatic N) is 3. The molecule has 0 amide bonds. The second-order valence-corrected chi connectivity index (χ2v) is 7.03. The minimum absolute atomic E-state index is 0.185. The first-order chi connectivity index (χ1) is 12.7. The molecular formula is C21H24N4O. The normalized spacial score (nSPS) is 15.2. The van der Waals surface area contributed by atoms with Gasteiger partial charge in [-0.05, 0) is 49.4 Å². The Balaban J connectivity index is 1.61. The molecule has 5 nitrogen and oxygen atoms in total. The van der Waals surface area contributed by atoms with Crippen LogP contribution in [0.5, 0.6) is 0 Å². The first-order valence-electron chi connectivity index (χ1n) is 9.17. The molecule has 1 atom stereocenters. The van der Waals surface area contributed by atoms with Crippen LogP contribution in [0.15, 0.2) is 43.0 Å². The smallest absolute Gasteiger partial charge is 0.154 e. The molecule has 134 valence electrons. The highest BCUT2D eigenvalue weighted by Gasteiger charge is 2.23. The SMILES string of the molecule is Cc1cccc(C(Cc2ccnc(COC3CC3)n2)c2cnc[nH]2)c1C. The summed E-state index contributed by atoms with van der Waals surface area (Å²) in [6, 6.07) is 8.47. The van der Waals surface area contributed by atoms with E-state index in [4.69, 9.17) is 9.72 Å². The first kappa shape index (κ1) is 16.9. The van der Waals surface area contributed by atoms with E-state index in [0.29, 0.717) is 12.7 Å². The van der Waals surface area contributed by atoms with E-state index in [2.05, 4.69) is 47.0 Å². The van der Waals surface area contributed by atoms with Gasteiger partial charge in [0.1, 0.15) is 6.61 Å². The van der Waals surface area contributed by atoms with Crippen LogP contribution in [0.4, 0.5) is 0 Å². The zero-order valence-corrected chi connectivity index (χ0v) is 15.3. The number of rotatable bonds is 7. The summed E-state index contributed by atoms with van der Waals surface area (Å²) in [5.74, 6) is 0.947. The Labute approximate surface area is 153 Å². The van der Waals surface area contributed by atoms with E-state index in [1.54, 1.807) is 6.33 Å². The third-order valence-electron chi connectivity index (χ3n) is 5.07. The molecule has 0 bridgehead atoms. The molecule has 1 N–H and O–H groups in total. The van der Waals surface area contributed by atoms with E-state index in [1.165, 1.54) is 16.7 Å². The molecule has 1 unspecified atom stereocenters. The number of benzene rings is 1. The summed E-state index contributed by atoms with van der Waals surface area (Å²) >= 11 is 0. The summed E-state index contributed by atoms with van der Waals surface area (Å²) in [6.07, 6.45) is 9.01. The number of ether oxygens (including phenoxy) is 1. The number of hydrogen-bond acceptors (Lipinski definition) is 4. The van der Waals surface area contributed by atoms with Crippen LogP contribution in [0.25, 0.3) is 0 Å². The van der Waals surface area contributed by atoms with Crippen molar-refractivity contribution in [2.75, 3.05) is 0 Å². The van der Waals surface area contributed by atoms with Crippen molar-refractivity contribution < 1.29 is 4.74 Å². The standard InChI is InChI=1S/C21H24N4O/c1-14-4-3-5-18(15(14)2)19(20-11-22-13-24-20)10-16-8-9-23-21(25-16)12-26-17-6-7-17/h3-5,8-9,11,13,17,19H,6-7,10,12H2,1-2H3,(H,22,24). The molecule has 26 heavy (non-hydrogen) atoms. The van der Waals surface area contributed by atoms with E-state index in [-0.39, 0.29) is 5.92 Å². The van der Waals surface area contributed by atoms with Crippen molar-refractivity contribution >= 4 is 0 Å². The summed E-state index contributed by atoms with van der Waals surface area (Å²) < 4.78 is 5.75. The Bertz CT molecular complexity index is 871. The molecule has 0 radical (unpaired) electrons. The third kappa shape index (κ3) is 3.83. The van der Waals surface area contributed by atoms with Crippen LogP contribution in [0.2, 0.25) is 0 Å². The number of aromatic nitrogens is 4. The van der Waals surface area contributed by atoms with Crippen LogP contribution in [-0.2, 0) is 17.8 Å². The summed E-state index contributed by atoms with van der Waals surface area (Å²) in [5, 5.41) is 0. The highest BCUT2D eigenvalue weighted by Crippen LogP contribution is 2.30. The maximum Gasteiger partial charge on any atom is 0.154 e. The zero-order valence-electron chi connectivity index (χ0n) is 15.3. The van der Waals surface area contributed by atoms with E-state index in [9.17, 15) is 0 Å². The lowest BCUT2D eigenvalue weighted by Crippen LogP contribution is -2.11. The lowest BCUT2D eigenvalue weighted by Gasteiger charge is -2.19. The monoisotopic (exact) mass is 348 g/mol. The van der Waals surface area contributed by atoms with Gasteiger partial charge in [0.15, 0.2) is 5.82 Å². The number of nitrogens with one attached hydrogen (secondary N) is 1. The van der Waals surface area contributed by atoms with Crippen molar-refractivity contribution in [2.24, 2.45) is 0 Å². The van der Waals surface area contributed by atoms with Crippen LogP contribution in [0.1, 0.15) is 52.7 Å². The molecule has 0 saturated heterocycles. The van der Waals surface area contributed by atoms with Gasteiger partial charge >= 0.3 is 0 Å². The summed E-state index contributed by atoms with van der Waals surface area (Å²) in [5.41, 5.74) is 6.05. The molecular weight excluding hydrogens is 324 g/mol. The molecule has 0 spiro atoms. The van der Waals surface area contributed by atoms with Gasteiger partial charge in [-0.2, -0.15) is 0 Å². The minimum atomic E-state index is 0.185. The highest BCUT2D eigenvalue weighted by molar-refractivity contribution is 5.40. The first-order valence-corrected chi connectivity index (χ1v) is 9.17. The topological polar surface area (TPSA) is 63.7 Å². The number of aromatic amines is 1. The van der Waals surface area contributed by atoms with Crippen LogP contribution >= 0.6 is 0 Å².